The molecule has 1 amide bonds. The van der Waals surface area contributed by atoms with E-state index in [1.54, 1.807) is 33.7 Å². The maximum absolute atomic E-state index is 12.4. The molecule has 0 spiro atoms. The first kappa shape index (κ1) is 14.1. The smallest absolute Gasteiger partial charge is 0.231 e. The Morgan fingerprint density at radius 3 is 2.95 bits per heavy atom. The van der Waals surface area contributed by atoms with Crippen LogP contribution in [0.4, 0.5) is 5.69 Å². The zero-order valence-corrected chi connectivity index (χ0v) is 13.2. The third-order valence-electron chi connectivity index (χ3n) is 3.83. The fourth-order valence-corrected chi connectivity index (χ4v) is 3.31. The zero-order chi connectivity index (χ0) is 15.0. The van der Waals surface area contributed by atoms with Crippen LogP contribution in [-0.2, 0) is 4.79 Å². The van der Waals surface area contributed by atoms with Gasteiger partial charge in [-0.25, -0.2) is 4.68 Å². The van der Waals surface area contributed by atoms with Crippen molar-refractivity contribution in [1.82, 2.24) is 14.8 Å². The molecule has 0 radical (unpaired) electrons. The van der Waals surface area contributed by atoms with E-state index < -0.39 is 0 Å². The van der Waals surface area contributed by atoms with E-state index in [1.807, 2.05) is 32.3 Å². The van der Waals surface area contributed by atoms with Crippen LogP contribution < -0.4 is 4.90 Å². The van der Waals surface area contributed by atoms with Crippen LogP contribution in [0.1, 0.15) is 12.1 Å². The minimum absolute atomic E-state index is 0.158. The summed E-state index contributed by atoms with van der Waals surface area (Å²) in [5.74, 6) is 0.342. The van der Waals surface area contributed by atoms with Gasteiger partial charge in [-0.3, -0.25) is 9.78 Å². The van der Waals surface area contributed by atoms with E-state index in [4.69, 9.17) is 0 Å². The zero-order valence-electron chi connectivity index (χ0n) is 12.4. The number of carbonyl (C=O) groups excluding carboxylic acids is 1. The topological polar surface area (TPSA) is 51.0 Å². The molecule has 1 saturated carbocycles. The summed E-state index contributed by atoms with van der Waals surface area (Å²) in [4.78, 5) is 18.3. The molecular weight excluding hydrogens is 284 g/mol. The molecule has 6 heteroatoms. The summed E-state index contributed by atoms with van der Waals surface area (Å²) in [6.45, 7) is 1.92. The lowest BCUT2D eigenvalue weighted by molar-refractivity contribution is -0.119. The van der Waals surface area contributed by atoms with Crippen LogP contribution in [0.3, 0.4) is 0 Å². The molecule has 2 unspecified atom stereocenters. The second-order valence-electron chi connectivity index (χ2n) is 5.27. The lowest BCUT2D eigenvalue weighted by Crippen LogP contribution is -2.28. The van der Waals surface area contributed by atoms with Crippen LogP contribution in [-0.4, -0.2) is 39.2 Å². The Labute approximate surface area is 128 Å². The Morgan fingerprint density at radius 1 is 1.52 bits per heavy atom. The highest BCUT2D eigenvalue weighted by Gasteiger charge is 2.44. The van der Waals surface area contributed by atoms with Crippen molar-refractivity contribution >= 4 is 23.4 Å². The molecule has 0 saturated heterocycles. The van der Waals surface area contributed by atoms with Crippen molar-refractivity contribution in [2.75, 3.05) is 18.2 Å². The lowest BCUT2D eigenvalue weighted by Gasteiger charge is -2.15. The number of hydrogen-bond donors (Lipinski definition) is 0. The number of thioether (sulfide) groups is 1. The van der Waals surface area contributed by atoms with Gasteiger partial charge in [0.25, 0.3) is 0 Å². The molecule has 2 aromatic rings. The molecule has 1 fully saturated rings. The van der Waals surface area contributed by atoms with Gasteiger partial charge in [0.2, 0.25) is 5.91 Å². The number of hydrogen-bond acceptors (Lipinski definition) is 4. The van der Waals surface area contributed by atoms with Gasteiger partial charge in [-0.1, -0.05) is 0 Å². The summed E-state index contributed by atoms with van der Waals surface area (Å²) < 4.78 is 1.76. The first-order valence-corrected chi connectivity index (χ1v) is 8.17. The van der Waals surface area contributed by atoms with Crippen molar-refractivity contribution < 1.29 is 4.79 Å². The number of pyridine rings is 1. The highest BCUT2D eigenvalue weighted by Crippen LogP contribution is 2.42. The fraction of sp³-hybridized carbons (Fsp3) is 0.400. The molecule has 3 rings (SSSR count). The Hall–Kier alpha value is -1.82. The average Bonchev–Trinajstić information content (AvgIpc) is 3.21. The third kappa shape index (κ3) is 2.68. The number of amides is 1. The third-order valence-corrected chi connectivity index (χ3v) is 4.95. The molecule has 0 aliphatic heterocycles. The minimum Gasteiger partial charge on any atom is -0.312 e. The maximum atomic E-state index is 12.4. The number of aryl methyl sites for hydroxylation is 1. The Bertz CT molecular complexity index is 655. The van der Waals surface area contributed by atoms with Gasteiger partial charge >= 0.3 is 0 Å². The molecule has 2 aromatic heterocycles. The molecule has 0 aromatic carbocycles. The second-order valence-corrected chi connectivity index (χ2v) is 6.35. The molecule has 1 aliphatic carbocycles. The summed E-state index contributed by atoms with van der Waals surface area (Å²) in [6, 6.07) is 3.81. The van der Waals surface area contributed by atoms with Gasteiger partial charge in [-0.05, 0) is 31.7 Å². The van der Waals surface area contributed by atoms with Crippen molar-refractivity contribution in [3.8, 4) is 5.69 Å². The van der Waals surface area contributed by atoms with Gasteiger partial charge in [0.05, 0.1) is 35.4 Å². The van der Waals surface area contributed by atoms with Gasteiger partial charge < -0.3 is 4.90 Å². The molecule has 2 heterocycles. The molecule has 110 valence electrons. The van der Waals surface area contributed by atoms with Crippen LogP contribution in [0.5, 0.6) is 0 Å². The largest absolute Gasteiger partial charge is 0.312 e. The van der Waals surface area contributed by atoms with Gasteiger partial charge in [0, 0.05) is 18.5 Å². The second kappa shape index (κ2) is 5.52. The summed E-state index contributed by atoms with van der Waals surface area (Å²) >= 11 is 1.77. The Balaban J connectivity index is 1.83. The molecule has 2 atom stereocenters. The molecule has 0 N–H and O–H groups in total. The van der Waals surface area contributed by atoms with E-state index in [0.717, 1.165) is 23.5 Å². The number of aromatic nitrogens is 3. The highest BCUT2D eigenvalue weighted by atomic mass is 32.2. The van der Waals surface area contributed by atoms with Crippen LogP contribution in [0.15, 0.2) is 30.7 Å². The standard InChI is InChI=1S/C15H18N4OS/c1-10-13(18(2)15(20)12-7-14(12)21-3)9-19(17-10)11-5-4-6-16-8-11/h4-6,8-9,12,14H,7H2,1-3H3. The number of anilines is 1. The van der Waals surface area contributed by atoms with E-state index in [0.29, 0.717) is 5.25 Å². The van der Waals surface area contributed by atoms with Crippen LogP contribution in [0.2, 0.25) is 0 Å². The minimum atomic E-state index is 0.158. The lowest BCUT2D eigenvalue weighted by atomic mass is 10.3. The Morgan fingerprint density at radius 2 is 2.33 bits per heavy atom. The van der Waals surface area contributed by atoms with Crippen LogP contribution in [0, 0.1) is 12.8 Å². The number of rotatable bonds is 4. The maximum Gasteiger partial charge on any atom is 0.231 e. The van der Waals surface area contributed by atoms with E-state index in [-0.39, 0.29) is 11.8 Å². The number of nitrogens with zero attached hydrogens (tertiary/aromatic N) is 4. The fourth-order valence-electron chi connectivity index (χ4n) is 2.46. The van der Waals surface area contributed by atoms with Crippen LogP contribution >= 0.6 is 11.8 Å². The first-order valence-electron chi connectivity index (χ1n) is 6.89. The highest BCUT2D eigenvalue weighted by molar-refractivity contribution is 7.99. The predicted octanol–water partition coefficient (Wildman–Crippen LogP) is 2.29. The van der Waals surface area contributed by atoms with Crippen molar-refractivity contribution in [3.63, 3.8) is 0 Å². The van der Waals surface area contributed by atoms with Gasteiger partial charge in [0.15, 0.2) is 0 Å². The molecule has 5 nitrogen and oxygen atoms in total. The summed E-state index contributed by atoms with van der Waals surface area (Å²) in [5.41, 5.74) is 2.59. The molecular formula is C15H18N4OS. The van der Waals surface area contributed by atoms with Gasteiger partial charge in [0.1, 0.15) is 0 Å². The summed E-state index contributed by atoms with van der Waals surface area (Å²) in [6.07, 6.45) is 8.42. The number of carbonyl (C=O) groups is 1. The van der Waals surface area contributed by atoms with E-state index in [1.165, 1.54) is 0 Å². The van der Waals surface area contributed by atoms with Crippen LogP contribution in [0.25, 0.3) is 5.69 Å². The Kier molecular flexibility index (Phi) is 3.71. The van der Waals surface area contributed by atoms with E-state index in [9.17, 15) is 4.79 Å². The first-order chi connectivity index (χ1) is 10.1. The molecule has 21 heavy (non-hydrogen) atoms. The van der Waals surface area contributed by atoms with Gasteiger partial charge in [-0.2, -0.15) is 16.9 Å². The molecule has 1 aliphatic rings. The summed E-state index contributed by atoms with van der Waals surface area (Å²) in [5, 5.41) is 4.96. The van der Waals surface area contributed by atoms with E-state index >= 15 is 0 Å². The SMILES string of the molecule is CSC1CC1C(=O)N(C)c1cn(-c2cccnc2)nc1C. The average molecular weight is 302 g/mol. The van der Waals surface area contributed by atoms with Crippen molar-refractivity contribution in [1.29, 1.82) is 0 Å². The normalized spacial score (nSPS) is 20.3. The van der Waals surface area contributed by atoms with Gasteiger partial charge in [-0.15, -0.1) is 0 Å². The van der Waals surface area contributed by atoms with E-state index in [2.05, 4.69) is 16.3 Å². The van der Waals surface area contributed by atoms with Crippen molar-refractivity contribution in [2.45, 2.75) is 18.6 Å². The van der Waals surface area contributed by atoms with Crippen molar-refractivity contribution in [3.05, 3.63) is 36.4 Å². The quantitative estimate of drug-likeness (QED) is 0.869. The molecule has 0 bridgehead atoms. The van der Waals surface area contributed by atoms with Crippen molar-refractivity contribution in [2.24, 2.45) is 5.92 Å². The summed E-state index contributed by atoms with van der Waals surface area (Å²) in [7, 11) is 1.83. The predicted molar refractivity (Wildman–Crippen MR) is 84.9 cm³/mol. The monoisotopic (exact) mass is 302 g/mol.